The second kappa shape index (κ2) is 13.4. The molecule has 39 heavy (non-hydrogen) atoms. The molecule has 8 heteroatoms. The molecule has 4 rings (SSSR count). The maximum absolute atomic E-state index is 13.9. The molecule has 3 aromatic rings. The van der Waals surface area contributed by atoms with E-state index in [-0.39, 0.29) is 31.0 Å². The molecule has 0 spiro atoms. The second-order valence-electron chi connectivity index (χ2n) is 10.6. The molecular formula is C31H37ClF2N2O3. The van der Waals surface area contributed by atoms with Crippen molar-refractivity contribution in [2.45, 2.75) is 70.7 Å². The number of fused-ring (bicyclic) bond motifs is 1. The summed E-state index contributed by atoms with van der Waals surface area (Å²) in [5, 5.41) is 17.2. The third kappa shape index (κ3) is 8.49. The van der Waals surface area contributed by atoms with Crippen LogP contribution in [0.5, 0.6) is 5.75 Å². The van der Waals surface area contributed by atoms with Crippen molar-refractivity contribution in [1.82, 2.24) is 10.6 Å². The van der Waals surface area contributed by atoms with Crippen LogP contribution < -0.4 is 15.4 Å². The Morgan fingerprint density at radius 1 is 1.03 bits per heavy atom. The van der Waals surface area contributed by atoms with Gasteiger partial charge in [0, 0.05) is 24.7 Å². The van der Waals surface area contributed by atoms with Gasteiger partial charge in [-0.25, -0.2) is 8.78 Å². The van der Waals surface area contributed by atoms with Crippen LogP contribution in [0.2, 0.25) is 0 Å². The lowest BCUT2D eigenvalue weighted by Gasteiger charge is -2.32. The summed E-state index contributed by atoms with van der Waals surface area (Å²) in [7, 11) is 0. The summed E-state index contributed by atoms with van der Waals surface area (Å²) in [5.74, 6) is -1.13. The lowest BCUT2D eigenvalue weighted by molar-refractivity contribution is 0.0805. The zero-order valence-electron chi connectivity index (χ0n) is 22.6. The highest BCUT2D eigenvalue weighted by Crippen LogP contribution is 2.33. The van der Waals surface area contributed by atoms with E-state index < -0.39 is 29.7 Å². The Bertz CT molecular complexity index is 1260. The fourth-order valence-corrected chi connectivity index (χ4v) is 4.77. The van der Waals surface area contributed by atoms with Gasteiger partial charge >= 0.3 is 0 Å². The minimum absolute atomic E-state index is 0. The van der Waals surface area contributed by atoms with E-state index in [0.717, 1.165) is 36.5 Å². The van der Waals surface area contributed by atoms with Crippen LogP contribution in [-0.2, 0) is 25.8 Å². The SMILES string of the molecule is CCc1cccc(CNC[C@H](O)[C@H](Cc2cc(F)cc(F)c2)NC(=O)c2ccc3c(c2)OC(C)(C)CC3)c1.Cl. The van der Waals surface area contributed by atoms with Gasteiger partial charge in [0.1, 0.15) is 23.0 Å². The highest BCUT2D eigenvalue weighted by atomic mass is 35.5. The average molecular weight is 559 g/mol. The van der Waals surface area contributed by atoms with E-state index in [9.17, 15) is 18.7 Å². The Morgan fingerprint density at radius 3 is 2.46 bits per heavy atom. The normalized spacial score (nSPS) is 15.3. The molecular weight excluding hydrogens is 522 g/mol. The number of benzene rings is 3. The summed E-state index contributed by atoms with van der Waals surface area (Å²) in [6.07, 6.45) is 1.74. The van der Waals surface area contributed by atoms with Gasteiger partial charge in [-0.1, -0.05) is 37.3 Å². The first-order valence-corrected chi connectivity index (χ1v) is 13.2. The Morgan fingerprint density at radius 2 is 1.74 bits per heavy atom. The smallest absolute Gasteiger partial charge is 0.251 e. The standard InChI is InChI=1S/C31H36F2N2O3.ClH/c1-4-20-6-5-7-21(12-20)18-34-19-28(36)27(15-22-13-25(32)17-26(33)14-22)35-30(37)24-9-8-23-10-11-31(2,3)38-29(23)16-24;/h5-9,12-14,16-17,27-28,34,36H,4,10-11,15,18-19H2,1-3H3,(H,35,37);1H/t27-,28-;/m0./s1. The molecule has 5 nitrogen and oxygen atoms in total. The number of nitrogens with one attached hydrogen (secondary N) is 2. The van der Waals surface area contributed by atoms with Gasteiger partial charge < -0.3 is 20.5 Å². The largest absolute Gasteiger partial charge is 0.488 e. The molecule has 0 saturated heterocycles. The van der Waals surface area contributed by atoms with Crippen molar-refractivity contribution < 1.29 is 23.4 Å². The van der Waals surface area contributed by atoms with E-state index in [2.05, 4.69) is 29.7 Å². The van der Waals surface area contributed by atoms with Gasteiger partial charge in [-0.05, 0) is 86.1 Å². The first-order valence-electron chi connectivity index (χ1n) is 13.2. The van der Waals surface area contributed by atoms with Gasteiger partial charge in [0.25, 0.3) is 5.91 Å². The monoisotopic (exact) mass is 558 g/mol. The molecule has 3 aromatic carbocycles. The molecule has 0 bridgehead atoms. The molecule has 210 valence electrons. The van der Waals surface area contributed by atoms with E-state index in [4.69, 9.17) is 4.74 Å². The van der Waals surface area contributed by atoms with Crippen molar-refractivity contribution in [3.05, 3.63) is 100 Å². The van der Waals surface area contributed by atoms with E-state index in [1.165, 1.54) is 17.7 Å². The quantitative estimate of drug-likeness (QED) is 0.305. The molecule has 0 aromatic heterocycles. The van der Waals surface area contributed by atoms with Crippen LogP contribution in [0.1, 0.15) is 59.8 Å². The first-order chi connectivity index (χ1) is 18.1. The molecule has 2 atom stereocenters. The molecule has 1 aliphatic rings. The molecule has 0 saturated carbocycles. The second-order valence-corrected chi connectivity index (χ2v) is 10.6. The molecule has 0 aliphatic carbocycles. The lowest BCUT2D eigenvalue weighted by Crippen LogP contribution is -2.48. The third-order valence-corrected chi connectivity index (χ3v) is 6.95. The van der Waals surface area contributed by atoms with Crippen molar-refractivity contribution in [2.75, 3.05) is 6.54 Å². The van der Waals surface area contributed by atoms with Crippen LogP contribution in [0.4, 0.5) is 8.78 Å². The summed E-state index contributed by atoms with van der Waals surface area (Å²) < 4.78 is 33.8. The number of carbonyl (C=O) groups excluding carboxylic acids is 1. The van der Waals surface area contributed by atoms with E-state index >= 15 is 0 Å². The van der Waals surface area contributed by atoms with Crippen molar-refractivity contribution >= 4 is 18.3 Å². The predicted molar refractivity (Wildman–Crippen MR) is 152 cm³/mol. The molecule has 0 fully saturated rings. The topological polar surface area (TPSA) is 70.6 Å². The maximum atomic E-state index is 13.9. The fourth-order valence-electron chi connectivity index (χ4n) is 4.77. The minimum atomic E-state index is -1.01. The number of carbonyl (C=O) groups is 1. The number of aliphatic hydroxyl groups is 1. The molecule has 1 aliphatic heterocycles. The summed E-state index contributed by atoms with van der Waals surface area (Å²) in [6, 6.07) is 16.0. The van der Waals surface area contributed by atoms with Crippen LogP contribution >= 0.6 is 12.4 Å². The molecule has 1 heterocycles. The number of hydrogen-bond donors (Lipinski definition) is 3. The van der Waals surface area contributed by atoms with Gasteiger partial charge in [0.15, 0.2) is 0 Å². The summed E-state index contributed by atoms with van der Waals surface area (Å²) in [5.41, 5.74) is 3.78. The van der Waals surface area contributed by atoms with Crippen molar-refractivity contribution in [1.29, 1.82) is 0 Å². The van der Waals surface area contributed by atoms with Crippen LogP contribution in [0.3, 0.4) is 0 Å². The van der Waals surface area contributed by atoms with E-state index in [0.29, 0.717) is 23.4 Å². The highest BCUT2D eigenvalue weighted by molar-refractivity contribution is 5.95. The Hall–Kier alpha value is -3.00. The number of amides is 1. The summed E-state index contributed by atoms with van der Waals surface area (Å²) in [6.45, 7) is 6.84. The van der Waals surface area contributed by atoms with Crippen LogP contribution in [0.15, 0.2) is 60.7 Å². The number of aliphatic hydroxyl groups excluding tert-OH is 1. The van der Waals surface area contributed by atoms with Gasteiger partial charge in [-0.3, -0.25) is 4.79 Å². The Kier molecular flexibility index (Phi) is 10.5. The van der Waals surface area contributed by atoms with Gasteiger partial charge in [-0.2, -0.15) is 0 Å². The number of rotatable bonds is 10. The fraction of sp³-hybridized carbons (Fsp3) is 0.387. The molecule has 0 radical (unpaired) electrons. The summed E-state index contributed by atoms with van der Waals surface area (Å²) in [4.78, 5) is 13.3. The zero-order valence-corrected chi connectivity index (χ0v) is 23.4. The van der Waals surface area contributed by atoms with E-state index in [1.807, 2.05) is 32.0 Å². The average Bonchev–Trinajstić information content (AvgIpc) is 2.86. The number of ether oxygens (including phenoxy) is 1. The third-order valence-electron chi connectivity index (χ3n) is 6.95. The van der Waals surface area contributed by atoms with Crippen LogP contribution in [-0.4, -0.2) is 35.3 Å². The Labute approximate surface area is 235 Å². The van der Waals surface area contributed by atoms with Crippen molar-refractivity contribution in [2.24, 2.45) is 0 Å². The minimum Gasteiger partial charge on any atom is -0.488 e. The number of hydrogen-bond acceptors (Lipinski definition) is 4. The maximum Gasteiger partial charge on any atom is 0.251 e. The van der Waals surface area contributed by atoms with Crippen LogP contribution in [0.25, 0.3) is 0 Å². The van der Waals surface area contributed by atoms with E-state index in [1.54, 1.807) is 12.1 Å². The molecule has 0 unspecified atom stereocenters. The predicted octanol–water partition coefficient (Wildman–Crippen LogP) is 5.54. The van der Waals surface area contributed by atoms with Crippen molar-refractivity contribution in [3.8, 4) is 5.75 Å². The van der Waals surface area contributed by atoms with Crippen molar-refractivity contribution in [3.63, 3.8) is 0 Å². The molecule has 1 amide bonds. The molecule has 3 N–H and O–H groups in total. The first kappa shape index (κ1) is 30.5. The number of halogens is 3. The van der Waals surface area contributed by atoms with Gasteiger partial charge in [-0.15, -0.1) is 12.4 Å². The van der Waals surface area contributed by atoms with Gasteiger partial charge in [0.05, 0.1) is 12.1 Å². The van der Waals surface area contributed by atoms with Gasteiger partial charge in [0.2, 0.25) is 0 Å². The number of aryl methyl sites for hydroxylation is 2. The summed E-state index contributed by atoms with van der Waals surface area (Å²) >= 11 is 0. The Balaban J connectivity index is 0.00000420. The zero-order chi connectivity index (χ0) is 27.3. The van der Waals surface area contributed by atoms with Crippen LogP contribution in [0, 0.1) is 11.6 Å². The lowest BCUT2D eigenvalue weighted by atomic mass is 9.93. The highest BCUT2D eigenvalue weighted by Gasteiger charge is 2.28.